The molecule has 0 aliphatic carbocycles. The van der Waals surface area contributed by atoms with E-state index in [1.54, 1.807) is 6.92 Å². The number of anilines is 1. The Balaban J connectivity index is 2.03. The van der Waals surface area contributed by atoms with Crippen molar-refractivity contribution in [3.05, 3.63) is 65.0 Å². The molecule has 1 unspecified atom stereocenters. The molecule has 0 amide bonds. The maximum atomic E-state index is 13.5. The van der Waals surface area contributed by atoms with Gasteiger partial charge in [0.1, 0.15) is 5.82 Å². The molecule has 2 N–H and O–H groups in total. The number of hydrogen-bond donors (Lipinski definition) is 1. The molecule has 0 spiro atoms. The summed E-state index contributed by atoms with van der Waals surface area (Å²) in [6, 6.07) is 13.3. The summed E-state index contributed by atoms with van der Waals surface area (Å²) in [5.41, 5.74) is 9.93. The SMILES string of the molecule is Cc1cc(C2CN=C(N)N2c2ccccc2C)ccc1F. The van der Waals surface area contributed by atoms with E-state index in [2.05, 4.69) is 4.99 Å². The van der Waals surface area contributed by atoms with E-state index in [0.29, 0.717) is 18.1 Å². The van der Waals surface area contributed by atoms with Crippen molar-refractivity contribution in [3.8, 4) is 0 Å². The first-order valence-corrected chi connectivity index (χ1v) is 6.99. The number of nitrogens with two attached hydrogens (primary N) is 1. The van der Waals surface area contributed by atoms with Crippen molar-refractivity contribution < 1.29 is 4.39 Å². The van der Waals surface area contributed by atoms with Gasteiger partial charge in [-0.3, -0.25) is 4.99 Å². The lowest BCUT2D eigenvalue weighted by Crippen LogP contribution is -2.36. The van der Waals surface area contributed by atoms with E-state index in [-0.39, 0.29) is 11.9 Å². The third-order valence-electron chi connectivity index (χ3n) is 3.93. The molecule has 1 heterocycles. The van der Waals surface area contributed by atoms with Gasteiger partial charge in [-0.25, -0.2) is 4.39 Å². The molecule has 1 aliphatic heterocycles. The fourth-order valence-corrected chi connectivity index (χ4v) is 2.75. The van der Waals surface area contributed by atoms with Crippen molar-refractivity contribution in [2.24, 2.45) is 10.7 Å². The summed E-state index contributed by atoms with van der Waals surface area (Å²) in [7, 11) is 0. The highest BCUT2D eigenvalue weighted by Crippen LogP contribution is 2.33. The summed E-state index contributed by atoms with van der Waals surface area (Å²) in [6.45, 7) is 4.41. The van der Waals surface area contributed by atoms with Gasteiger partial charge in [0.15, 0.2) is 5.96 Å². The third-order valence-corrected chi connectivity index (χ3v) is 3.93. The minimum Gasteiger partial charge on any atom is -0.369 e. The Labute approximate surface area is 123 Å². The van der Waals surface area contributed by atoms with Gasteiger partial charge in [-0.2, -0.15) is 0 Å². The Morgan fingerprint density at radius 1 is 1.14 bits per heavy atom. The normalized spacial score (nSPS) is 18.0. The number of benzene rings is 2. The number of halogens is 1. The number of para-hydroxylation sites is 1. The summed E-state index contributed by atoms with van der Waals surface area (Å²) in [5.74, 6) is 0.323. The van der Waals surface area contributed by atoms with E-state index in [4.69, 9.17) is 5.73 Å². The number of aliphatic imine (C=N–C) groups is 1. The fourth-order valence-electron chi connectivity index (χ4n) is 2.75. The topological polar surface area (TPSA) is 41.6 Å². The van der Waals surface area contributed by atoms with Gasteiger partial charge in [-0.15, -0.1) is 0 Å². The van der Waals surface area contributed by atoms with Crippen LogP contribution in [-0.2, 0) is 0 Å². The van der Waals surface area contributed by atoms with Gasteiger partial charge >= 0.3 is 0 Å². The van der Waals surface area contributed by atoms with Crippen molar-refractivity contribution in [1.29, 1.82) is 0 Å². The highest BCUT2D eigenvalue weighted by Gasteiger charge is 2.29. The lowest BCUT2D eigenvalue weighted by Gasteiger charge is -2.28. The average molecular weight is 283 g/mol. The second-order valence-corrected chi connectivity index (χ2v) is 5.38. The second-order valence-electron chi connectivity index (χ2n) is 5.38. The Morgan fingerprint density at radius 2 is 1.90 bits per heavy atom. The van der Waals surface area contributed by atoms with Crippen LogP contribution in [0.1, 0.15) is 22.7 Å². The van der Waals surface area contributed by atoms with Gasteiger partial charge in [0.05, 0.1) is 12.6 Å². The molecule has 1 aliphatic rings. The van der Waals surface area contributed by atoms with Crippen LogP contribution in [0.3, 0.4) is 0 Å². The van der Waals surface area contributed by atoms with Crippen LogP contribution >= 0.6 is 0 Å². The molecule has 0 bridgehead atoms. The number of nitrogens with zero attached hydrogens (tertiary/aromatic N) is 2. The molecule has 0 fully saturated rings. The lowest BCUT2D eigenvalue weighted by atomic mass is 10.0. The minimum absolute atomic E-state index is 0.0189. The molecule has 21 heavy (non-hydrogen) atoms. The molecule has 2 aromatic rings. The molecule has 0 saturated heterocycles. The van der Waals surface area contributed by atoms with E-state index in [1.807, 2.05) is 48.2 Å². The van der Waals surface area contributed by atoms with Crippen molar-refractivity contribution in [3.63, 3.8) is 0 Å². The summed E-state index contributed by atoms with van der Waals surface area (Å²) >= 11 is 0. The average Bonchev–Trinajstić information content (AvgIpc) is 2.84. The Morgan fingerprint density at radius 3 is 2.62 bits per heavy atom. The minimum atomic E-state index is -0.187. The van der Waals surface area contributed by atoms with Crippen LogP contribution in [0.5, 0.6) is 0 Å². The van der Waals surface area contributed by atoms with E-state index in [1.165, 1.54) is 6.07 Å². The quantitative estimate of drug-likeness (QED) is 0.918. The number of rotatable bonds is 2. The van der Waals surface area contributed by atoms with Gasteiger partial charge < -0.3 is 10.6 Å². The molecule has 3 rings (SSSR count). The monoisotopic (exact) mass is 283 g/mol. The Hall–Kier alpha value is -2.36. The summed E-state index contributed by atoms with van der Waals surface area (Å²) in [5, 5.41) is 0. The first-order chi connectivity index (χ1) is 10.1. The maximum absolute atomic E-state index is 13.5. The molecule has 108 valence electrons. The van der Waals surface area contributed by atoms with E-state index in [0.717, 1.165) is 16.8 Å². The van der Waals surface area contributed by atoms with Crippen LogP contribution < -0.4 is 10.6 Å². The van der Waals surface area contributed by atoms with Crippen LogP contribution in [0, 0.1) is 19.7 Å². The first kappa shape index (κ1) is 13.6. The van der Waals surface area contributed by atoms with Gasteiger partial charge in [0.25, 0.3) is 0 Å². The molecule has 2 aromatic carbocycles. The molecule has 1 atom stereocenters. The van der Waals surface area contributed by atoms with Crippen molar-refractivity contribution >= 4 is 11.6 Å². The summed E-state index contributed by atoms with van der Waals surface area (Å²) in [6.07, 6.45) is 0. The summed E-state index contributed by atoms with van der Waals surface area (Å²) in [4.78, 5) is 6.40. The predicted molar refractivity (Wildman–Crippen MR) is 84.0 cm³/mol. The Bertz CT molecular complexity index is 709. The smallest absolute Gasteiger partial charge is 0.196 e. The fraction of sp³-hybridized carbons (Fsp3) is 0.235. The number of guanidine groups is 1. The van der Waals surface area contributed by atoms with Crippen molar-refractivity contribution in [2.45, 2.75) is 19.9 Å². The largest absolute Gasteiger partial charge is 0.369 e. The molecule has 4 heteroatoms. The molecular formula is C17H18FN3. The van der Waals surface area contributed by atoms with Gasteiger partial charge in [0, 0.05) is 5.69 Å². The summed E-state index contributed by atoms with van der Waals surface area (Å²) < 4.78 is 13.5. The maximum Gasteiger partial charge on any atom is 0.196 e. The molecule has 0 saturated carbocycles. The highest BCUT2D eigenvalue weighted by molar-refractivity contribution is 5.98. The van der Waals surface area contributed by atoms with E-state index < -0.39 is 0 Å². The Kier molecular flexibility index (Phi) is 3.37. The second kappa shape index (κ2) is 5.20. The third kappa shape index (κ3) is 2.37. The van der Waals surface area contributed by atoms with Crippen LogP contribution in [0.25, 0.3) is 0 Å². The first-order valence-electron chi connectivity index (χ1n) is 6.99. The van der Waals surface area contributed by atoms with Gasteiger partial charge in [-0.05, 0) is 42.7 Å². The van der Waals surface area contributed by atoms with Crippen LogP contribution in [0.4, 0.5) is 10.1 Å². The molecule has 0 aromatic heterocycles. The zero-order chi connectivity index (χ0) is 15.0. The van der Waals surface area contributed by atoms with Gasteiger partial charge in [0.2, 0.25) is 0 Å². The molecule has 0 radical (unpaired) electrons. The zero-order valence-corrected chi connectivity index (χ0v) is 12.2. The number of aryl methyl sites for hydroxylation is 2. The standard InChI is InChI=1S/C17H18FN3/c1-11-5-3-4-6-15(11)21-16(10-20-17(21)19)13-7-8-14(18)12(2)9-13/h3-9,16H,10H2,1-2H3,(H2,19,20). The predicted octanol–water partition coefficient (Wildman–Crippen LogP) is 3.32. The molecule has 3 nitrogen and oxygen atoms in total. The number of hydrogen-bond acceptors (Lipinski definition) is 3. The lowest BCUT2D eigenvalue weighted by molar-refractivity contribution is 0.616. The van der Waals surface area contributed by atoms with E-state index >= 15 is 0 Å². The van der Waals surface area contributed by atoms with Crippen molar-refractivity contribution in [2.75, 3.05) is 11.4 Å². The highest BCUT2D eigenvalue weighted by atomic mass is 19.1. The van der Waals surface area contributed by atoms with Gasteiger partial charge in [-0.1, -0.05) is 30.3 Å². The molecular weight excluding hydrogens is 265 g/mol. The van der Waals surface area contributed by atoms with Crippen LogP contribution in [0.2, 0.25) is 0 Å². The zero-order valence-electron chi connectivity index (χ0n) is 12.2. The van der Waals surface area contributed by atoms with Crippen molar-refractivity contribution in [1.82, 2.24) is 0 Å². The van der Waals surface area contributed by atoms with Crippen LogP contribution in [0.15, 0.2) is 47.5 Å². The van der Waals surface area contributed by atoms with E-state index in [9.17, 15) is 4.39 Å². The van der Waals surface area contributed by atoms with Crippen LogP contribution in [-0.4, -0.2) is 12.5 Å².